The van der Waals surface area contributed by atoms with Gasteiger partial charge in [0.2, 0.25) is 0 Å². The molecule has 132 valence electrons. The van der Waals surface area contributed by atoms with Crippen LogP contribution in [-0.2, 0) is 5.41 Å². The van der Waals surface area contributed by atoms with Crippen molar-refractivity contribution in [3.63, 3.8) is 0 Å². The summed E-state index contributed by atoms with van der Waals surface area (Å²) in [7, 11) is 0. The van der Waals surface area contributed by atoms with E-state index in [1.165, 1.54) is 39.2 Å². The average Bonchev–Trinajstić information content (AvgIpc) is 2.85. The molecule has 1 aliphatic rings. The number of benzene rings is 3. The van der Waals surface area contributed by atoms with E-state index in [4.69, 9.17) is 0 Å². The van der Waals surface area contributed by atoms with Crippen LogP contribution >= 0.6 is 0 Å². The number of para-hydroxylation sites is 1. The zero-order valence-electron chi connectivity index (χ0n) is 16.4. The predicted molar refractivity (Wildman–Crippen MR) is 112 cm³/mol. The van der Waals surface area contributed by atoms with Gasteiger partial charge in [0.05, 0.1) is 0 Å². The van der Waals surface area contributed by atoms with Crippen LogP contribution in [0, 0.1) is 6.92 Å². The Morgan fingerprint density at radius 2 is 1.42 bits per heavy atom. The van der Waals surface area contributed by atoms with Crippen molar-refractivity contribution in [2.75, 3.05) is 4.90 Å². The van der Waals surface area contributed by atoms with E-state index in [2.05, 4.69) is 106 Å². The van der Waals surface area contributed by atoms with Crippen molar-refractivity contribution in [3.05, 3.63) is 83.4 Å². The standard InChI is InChI=1S/C25H27N/c1-17(2)26(24-13-9-6-10-18(24)3)19-14-15-21-20-11-7-8-12-22(20)25(4,5)23(21)16-19/h6-17H,1-5H3. The van der Waals surface area contributed by atoms with Crippen molar-refractivity contribution in [2.24, 2.45) is 0 Å². The molecule has 0 unspecified atom stereocenters. The summed E-state index contributed by atoms with van der Waals surface area (Å²) in [5.74, 6) is 0. The highest BCUT2D eigenvalue weighted by atomic mass is 15.2. The number of rotatable bonds is 3. The fourth-order valence-corrected chi connectivity index (χ4v) is 4.39. The highest BCUT2D eigenvalue weighted by molar-refractivity contribution is 5.83. The van der Waals surface area contributed by atoms with Crippen LogP contribution in [0.2, 0.25) is 0 Å². The summed E-state index contributed by atoms with van der Waals surface area (Å²) in [6.45, 7) is 11.4. The molecule has 3 aromatic carbocycles. The SMILES string of the molecule is Cc1ccccc1N(c1ccc2c(c1)C(C)(C)c1ccccc1-2)C(C)C. The van der Waals surface area contributed by atoms with Crippen LogP contribution in [-0.4, -0.2) is 6.04 Å². The molecule has 1 heteroatoms. The largest absolute Gasteiger partial charge is 0.339 e. The Kier molecular flexibility index (Phi) is 3.91. The molecule has 0 spiro atoms. The topological polar surface area (TPSA) is 3.24 Å². The van der Waals surface area contributed by atoms with Crippen molar-refractivity contribution in [1.82, 2.24) is 0 Å². The van der Waals surface area contributed by atoms with E-state index in [0.29, 0.717) is 6.04 Å². The van der Waals surface area contributed by atoms with Gasteiger partial charge in [-0.1, -0.05) is 62.4 Å². The minimum Gasteiger partial charge on any atom is -0.339 e. The first-order valence-corrected chi connectivity index (χ1v) is 9.50. The monoisotopic (exact) mass is 341 g/mol. The Labute approximate surface area is 157 Å². The third kappa shape index (κ3) is 2.46. The minimum absolute atomic E-state index is 0.0380. The highest BCUT2D eigenvalue weighted by Crippen LogP contribution is 2.50. The molecular formula is C25H27N. The van der Waals surface area contributed by atoms with Crippen LogP contribution in [0.3, 0.4) is 0 Å². The molecule has 0 saturated heterocycles. The molecule has 4 rings (SSSR count). The molecule has 0 aliphatic heterocycles. The molecule has 0 amide bonds. The number of hydrogen-bond donors (Lipinski definition) is 0. The second-order valence-corrected chi connectivity index (χ2v) is 8.15. The minimum atomic E-state index is 0.0380. The number of aryl methyl sites for hydroxylation is 1. The fraction of sp³-hybridized carbons (Fsp3) is 0.280. The molecule has 3 aromatic rings. The van der Waals surface area contributed by atoms with Crippen LogP contribution in [0.15, 0.2) is 66.7 Å². The maximum Gasteiger partial charge on any atom is 0.0442 e. The molecule has 0 heterocycles. The van der Waals surface area contributed by atoms with Crippen molar-refractivity contribution >= 4 is 11.4 Å². The maximum atomic E-state index is 2.45. The molecule has 0 saturated carbocycles. The summed E-state index contributed by atoms with van der Waals surface area (Å²) in [4.78, 5) is 2.45. The molecule has 0 atom stereocenters. The van der Waals surface area contributed by atoms with E-state index in [9.17, 15) is 0 Å². The summed E-state index contributed by atoms with van der Waals surface area (Å²) in [5.41, 5.74) is 9.52. The highest BCUT2D eigenvalue weighted by Gasteiger charge is 2.35. The Morgan fingerprint density at radius 3 is 2.15 bits per heavy atom. The van der Waals surface area contributed by atoms with Crippen molar-refractivity contribution in [1.29, 1.82) is 0 Å². The Bertz CT molecular complexity index is 965. The summed E-state index contributed by atoms with van der Waals surface area (Å²) < 4.78 is 0. The normalized spacial score (nSPS) is 14.2. The molecule has 0 aromatic heterocycles. The van der Waals surface area contributed by atoms with E-state index in [0.717, 1.165) is 0 Å². The lowest BCUT2D eigenvalue weighted by Crippen LogP contribution is -2.26. The molecule has 1 aliphatic carbocycles. The fourth-order valence-electron chi connectivity index (χ4n) is 4.39. The van der Waals surface area contributed by atoms with Gasteiger partial charge in [0.25, 0.3) is 0 Å². The number of fused-ring (bicyclic) bond motifs is 3. The number of anilines is 2. The van der Waals surface area contributed by atoms with Gasteiger partial charge in [0.1, 0.15) is 0 Å². The van der Waals surface area contributed by atoms with Gasteiger partial charge in [0.15, 0.2) is 0 Å². The van der Waals surface area contributed by atoms with Crippen LogP contribution < -0.4 is 4.90 Å². The summed E-state index contributed by atoms with van der Waals surface area (Å²) in [5, 5.41) is 0. The van der Waals surface area contributed by atoms with Gasteiger partial charge < -0.3 is 4.90 Å². The Morgan fingerprint density at radius 1 is 0.769 bits per heavy atom. The third-order valence-corrected chi connectivity index (χ3v) is 5.74. The third-order valence-electron chi connectivity index (χ3n) is 5.74. The second-order valence-electron chi connectivity index (χ2n) is 8.15. The number of hydrogen-bond acceptors (Lipinski definition) is 1. The van der Waals surface area contributed by atoms with Crippen LogP contribution in [0.25, 0.3) is 11.1 Å². The van der Waals surface area contributed by atoms with E-state index in [1.54, 1.807) is 0 Å². The average molecular weight is 341 g/mol. The van der Waals surface area contributed by atoms with E-state index >= 15 is 0 Å². The molecule has 0 fully saturated rings. The first-order valence-electron chi connectivity index (χ1n) is 9.50. The van der Waals surface area contributed by atoms with E-state index in [1.807, 2.05) is 0 Å². The summed E-state index contributed by atoms with van der Waals surface area (Å²) in [6.07, 6.45) is 0. The maximum absolute atomic E-state index is 2.45. The zero-order valence-corrected chi connectivity index (χ0v) is 16.4. The lowest BCUT2D eigenvalue weighted by Gasteiger charge is -2.32. The molecule has 1 nitrogen and oxygen atoms in total. The lowest BCUT2D eigenvalue weighted by atomic mass is 9.82. The zero-order chi connectivity index (χ0) is 18.5. The summed E-state index contributed by atoms with van der Waals surface area (Å²) in [6, 6.07) is 24.9. The van der Waals surface area contributed by atoms with Gasteiger partial charge in [-0.15, -0.1) is 0 Å². The lowest BCUT2D eigenvalue weighted by molar-refractivity contribution is 0.659. The van der Waals surface area contributed by atoms with Crippen molar-refractivity contribution in [3.8, 4) is 11.1 Å². The van der Waals surface area contributed by atoms with E-state index < -0.39 is 0 Å². The van der Waals surface area contributed by atoms with Gasteiger partial charge in [-0.25, -0.2) is 0 Å². The quantitative estimate of drug-likeness (QED) is 0.503. The van der Waals surface area contributed by atoms with Crippen LogP contribution in [0.4, 0.5) is 11.4 Å². The Hall–Kier alpha value is -2.54. The van der Waals surface area contributed by atoms with Gasteiger partial charge in [0, 0.05) is 22.8 Å². The van der Waals surface area contributed by atoms with Gasteiger partial charge in [-0.05, 0) is 66.8 Å². The second kappa shape index (κ2) is 6.02. The molecule has 26 heavy (non-hydrogen) atoms. The first kappa shape index (κ1) is 16.9. The predicted octanol–water partition coefficient (Wildman–Crippen LogP) is 6.85. The number of nitrogens with zero attached hydrogens (tertiary/aromatic N) is 1. The molecule has 0 N–H and O–H groups in total. The van der Waals surface area contributed by atoms with Crippen molar-refractivity contribution in [2.45, 2.75) is 46.1 Å². The van der Waals surface area contributed by atoms with Gasteiger partial charge in [-0.2, -0.15) is 0 Å². The smallest absolute Gasteiger partial charge is 0.0442 e. The molecule has 0 radical (unpaired) electrons. The molecular weight excluding hydrogens is 314 g/mol. The first-order chi connectivity index (χ1) is 12.4. The van der Waals surface area contributed by atoms with Crippen LogP contribution in [0.5, 0.6) is 0 Å². The summed E-state index contributed by atoms with van der Waals surface area (Å²) >= 11 is 0. The van der Waals surface area contributed by atoms with E-state index in [-0.39, 0.29) is 5.41 Å². The van der Waals surface area contributed by atoms with Crippen molar-refractivity contribution < 1.29 is 0 Å². The van der Waals surface area contributed by atoms with Gasteiger partial charge in [-0.3, -0.25) is 0 Å². The molecule has 0 bridgehead atoms. The van der Waals surface area contributed by atoms with Gasteiger partial charge >= 0.3 is 0 Å². The Balaban J connectivity index is 1.88. The van der Waals surface area contributed by atoms with Crippen LogP contribution in [0.1, 0.15) is 44.4 Å².